The molecular weight excluding hydrogens is 205 g/mol. The zero-order valence-corrected chi connectivity index (χ0v) is 5.28. The van der Waals surface area contributed by atoms with Gasteiger partial charge in [-0.3, -0.25) is 0 Å². The minimum absolute atomic E-state index is 0. The summed E-state index contributed by atoms with van der Waals surface area (Å²) in [6, 6.07) is 0. The molecule has 0 unspecified atom stereocenters. The molecule has 1 N–H and O–H groups in total. The second kappa shape index (κ2) is 4.35. The molecule has 0 aliphatic rings. The van der Waals surface area contributed by atoms with E-state index in [-0.39, 0.29) is 24.0 Å². The highest BCUT2D eigenvalue weighted by Crippen LogP contribution is 1.15. The summed E-state index contributed by atoms with van der Waals surface area (Å²) in [6.07, 6.45) is 0. The van der Waals surface area contributed by atoms with E-state index >= 15 is 0 Å². The van der Waals surface area contributed by atoms with Gasteiger partial charge in [-0.2, -0.15) is 13.2 Å². The number of rotatable bonds is 0. The van der Waals surface area contributed by atoms with E-state index in [1.165, 1.54) is 0 Å². The highest BCUT2D eigenvalue weighted by atomic mass is 127. The predicted octanol–water partition coefficient (Wildman–Crippen LogP) is 0.246. The van der Waals surface area contributed by atoms with Crippen molar-refractivity contribution in [1.29, 1.82) is 4.78 Å². The molecule has 0 bridgehead atoms. The Morgan fingerprint density at radius 2 is 1.40 bits per heavy atom. The van der Waals surface area contributed by atoms with Gasteiger partial charge in [-0.1, -0.05) is 0 Å². The minimum Gasteiger partial charge on any atom is -0.188 e. The predicted molar refractivity (Wildman–Crippen MR) is 27.1 cm³/mol. The summed E-state index contributed by atoms with van der Waals surface area (Å²) in [6.45, 7) is 0. The van der Waals surface area contributed by atoms with Crippen LogP contribution in [0.25, 0.3) is 0 Å². The molecule has 0 heterocycles. The van der Waals surface area contributed by atoms with Gasteiger partial charge in [0.05, 0.1) is 0 Å². The average Bonchev–Trinajstić information content (AvgIpc) is 0.811. The summed E-state index contributed by atoms with van der Waals surface area (Å²) in [5, 5.41) is 0. The van der Waals surface area contributed by atoms with E-state index in [1.807, 2.05) is 0 Å². The van der Waals surface area contributed by atoms with Crippen LogP contribution in [-0.4, -0.2) is 8.42 Å². The minimum atomic E-state index is -2.61. The molecule has 0 radical (unpaired) electrons. The lowest BCUT2D eigenvalue weighted by atomic mass is 14.0. The van der Waals surface area contributed by atoms with Gasteiger partial charge in [0.2, 0.25) is 0 Å². The first-order valence-corrected chi connectivity index (χ1v) is 1.61. The Balaban J connectivity index is 0. The molecule has 0 saturated heterocycles. The van der Waals surface area contributed by atoms with E-state index in [9.17, 15) is 0 Å². The van der Waals surface area contributed by atoms with Gasteiger partial charge >= 0.3 is 10.5 Å². The molecular formula is H2INO2S. The molecule has 0 aromatic carbocycles. The van der Waals surface area contributed by atoms with Crippen LogP contribution in [0.15, 0.2) is 0 Å². The Hall–Kier alpha value is 0.350. The molecule has 0 saturated carbocycles. The molecule has 0 atom stereocenters. The largest absolute Gasteiger partial charge is 0.308 e. The lowest BCUT2D eigenvalue weighted by molar-refractivity contribution is 0.620. The number of halogens is 1. The maximum Gasteiger partial charge on any atom is 0.308 e. The molecule has 0 aliphatic heterocycles. The third kappa shape index (κ3) is 196. The van der Waals surface area contributed by atoms with Gasteiger partial charge < -0.3 is 0 Å². The maximum absolute atomic E-state index is 8.67. The van der Waals surface area contributed by atoms with Crippen molar-refractivity contribution in [3.63, 3.8) is 0 Å². The van der Waals surface area contributed by atoms with Gasteiger partial charge in [-0.25, -0.2) is 0 Å². The lowest BCUT2D eigenvalue weighted by Crippen LogP contribution is -1.34. The molecule has 0 aliphatic carbocycles. The molecule has 0 spiro atoms. The van der Waals surface area contributed by atoms with Crippen molar-refractivity contribution in [3.8, 4) is 0 Å². The maximum atomic E-state index is 8.67. The topological polar surface area (TPSA) is 58.0 Å². The Bertz CT molecular complexity index is 79.0. The fraction of sp³-hybridized carbons (Fsp3) is 0. The Morgan fingerprint density at radius 3 is 1.40 bits per heavy atom. The van der Waals surface area contributed by atoms with Crippen LogP contribution in [0, 0.1) is 4.78 Å². The second-order valence-electron chi connectivity index (χ2n) is 0.235. The van der Waals surface area contributed by atoms with Crippen molar-refractivity contribution >= 4 is 34.5 Å². The first-order valence-electron chi connectivity index (χ1n) is 0.537. The van der Waals surface area contributed by atoms with Crippen LogP contribution >= 0.6 is 24.0 Å². The Kier molecular flexibility index (Phi) is 7.85. The quantitative estimate of drug-likeness (QED) is 0.578. The Labute approximate surface area is 47.9 Å². The van der Waals surface area contributed by atoms with E-state index in [1.54, 1.807) is 0 Å². The molecule has 32 valence electrons. The van der Waals surface area contributed by atoms with E-state index in [0.29, 0.717) is 0 Å². The summed E-state index contributed by atoms with van der Waals surface area (Å²) in [4.78, 5) is 0. The van der Waals surface area contributed by atoms with Crippen LogP contribution in [0.4, 0.5) is 0 Å². The summed E-state index contributed by atoms with van der Waals surface area (Å²) in [5.41, 5.74) is 0. The summed E-state index contributed by atoms with van der Waals surface area (Å²) in [7, 11) is -2.61. The standard InChI is InChI=1S/HI.HNO2S/c;1-4(2)3/h1H;1H. The lowest BCUT2D eigenvalue weighted by Gasteiger charge is -1.18. The van der Waals surface area contributed by atoms with Crippen molar-refractivity contribution in [2.45, 2.75) is 0 Å². The first kappa shape index (κ1) is 9.02. The van der Waals surface area contributed by atoms with E-state index in [4.69, 9.17) is 13.2 Å². The van der Waals surface area contributed by atoms with Crippen molar-refractivity contribution in [2.75, 3.05) is 0 Å². The van der Waals surface area contributed by atoms with Crippen LogP contribution < -0.4 is 0 Å². The van der Waals surface area contributed by atoms with Gasteiger partial charge in [0.1, 0.15) is 0 Å². The second-order valence-corrected chi connectivity index (χ2v) is 0.704. The van der Waals surface area contributed by atoms with Crippen molar-refractivity contribution in [1.82, 2.24) is 0 Å². The molecule has 5 heteroatoms. The van der Waals surface area contributed by atoms with Gasteiger partial charge in [0.25, 0.3) is 0 Å². The summed E-state index contributed by atoms with van der Waals surface area (Å²) >= 11 is 0. The third-order valence-corrected chi connectivity index (χ3v) is 0. The fourth-order valence-electron chi connectivity index (χ4n) is 0. The van der Waals surface area contributed by atoms with Crippen LogP contribution in [0.5, 0.6) is 0 Å². The van der Waals surface area contributed by atoms with Crippen LogP contribution in [-0.2, 0) is 10.5 Å². The fourth-order valence-corrected chi connectivity index (χ4v) is 0. The molecule has 0 amide bonds. The third-order valence-electron chi connectivity index (χ3n) is 0. The van der Waals surface area contributed by atoms with Gasteiger partial charge in [-0.15, -0.1) is 24.0 Å². The van der Waals surface area contributed by atoms with E-state index < -0.39 is 10.5 Å². The number of hydrogen-bond donors (Lipinski definition) is 1. The van der Waals surface area contributed by atoms with E-state index in [2.05, 4.69) is 0 Å². The van der Waals surface area contributed by atoms with Crippen LogP contribution in [0.1, 0.15) is 0 Å². The van der Waals surface area contributed by atoms with Crippen molar-refractivity contribution < 1.29 is 8.42 Å². The van der Waals surface area contributed by atoms with Gasteiger partial charge in [0.15, 0.2) is 0 Å². The van der Waals surface area contributed by atoms with Crippen molar-refractivity contribution in [3.05, 3.63) is 0 Å². The number of hydrogen-bond acceptors (Lipinski definition) is 3. The molecule has 0 fully saturated rings. The summed E-state index contributed by atoms with van der Waals surface area (Å²) in [5.74, 6) is 0. The molecule has 5 heavy (non-hydrogen) atoms. The molecule has 3 nitrogen and oxygen atoms in total. The normalized spacial score (nSPS) is 4.80. The molecule has 0 rings (SSSR count). The summed E-state index contributed by atoms with van der Waals surface area (Å²) < 4.78 is 22.8. The van der Waals surface area contributed by atoms with E-state index in [0.717, 1.165) is 0 Å². The first-order chi connectivity index (χ1) is 1.73. The number of nitrogens with one attached hydrogen (secondary N) is 1. The zero-order valence-electron chi connectivity index (χ0n) is 2.13. The van der Waals surface area contributed by atoms with Gasteiger partial charge in [0, 0.05) is 0 Å². The van der Waals surface area contributed by atoms with Gasteiger partial charge in [-0.05, 0) is 0 Å². The SMILES string of the molecule is I.N=S(=O)=O. The monoisotopic (exact) mass is 207 g/mol. The Morgan fingerprint density at radius 1 is 1.40 bits per heavy atom. The van der Waals surface area contributed by atoms with Crippen LogP contribution in [0.3, 0.4) is 0 Å². The van der Waals surface area contributed by atoms with Crippen LogP contribution in [0.2, 0.25) is 0 Å². The molecule has 0 aromatic heterocycles. The smallest absolute Gasteiger partial charge is 0.188 e. The van der Waals surface area contributed by atoms with Crippen molar-refractivity contribution in [2.24, 2.45) is 0 Å². The highest BCUT2D eigenvalue weighted by molar-refractivity contribution is 14.0. The molecule has 0 aromatic rings. The highest BCUT2D eigenvalue weighted by Gasteiger charge is 1.32. The average molecular weight is 207 g/mol. The zero-order chi connectivity index (χ0) is 3.58.